The third kappa shape index (κ3) is 5.66. The van der Waals surface area contributed by atoms with Crippen molar-refractivity contribution in [3.8, 4) is 11.1 Å². The number of amides is 1. The summed E-state index contributed by atoms with van der Waals surface area (Å²) in [6, 6.07) is 16.4. The van der Waals surface area contributed by atoms with Crippen molar-refractivity contribution in [2.24, 2.45) is 0 Å². The first-order valence-electron chi connectivity index (χ1n) is 10.9. The molecule has 2 heterocycles. The highest BCUT2D eigenvalue weighted by Crippen LogP contribution is 2.23. The third-order valence-corrected chi connectivity index (χ3v) is 5.73. The van der Waals surface area contributed by atoms with Crippen molar-refractivity contribution in [1.82, 2.24) is 15.3 Å². The van der Waals surface area contributed by atoms with Crippen LogP contribution in [0.2, 0.25) is 0 Å². The molecule has 0 spiro atoms. The van der Waals surface area contributed by atoms with E-state index in [0.29, 0.717) is 6.54 Å². The molecule has 2 aromatic rings. The van der Waals surface area contributed by atoms with Crippen LogP contribution in [0.1, 0.15) is 41.6 Å². The molecule has 0 radical (unpaired) electrons. The molecule has 4 rings (SSSR count). The van der Waals surface area contributed by atoms with Crippen LogP contribution in [0.25, 0.3) is 11.1 Å². The van der Waals surface area contributed by atoms with Gasteiger partial charge in [-0.2, -0.15) is 5.06 Å². The standard InChI is InChI=1S/C24H31N3O2/c28-24(25-11-15-26-12-2-1-3-13-26)23-10-5-9-22(18-23)21-8-4-7-20(17-21)19-27-14-6-16-29-27/h4-5,7-10,17-18H,1-3,6,11-16,19H2,(H,25,28). The molecule has 0 unspecified atom stereocenters. The molecule has 2 fully saturated rings. The van der Waals surface area contributed by atoms with E-state index in [4.69, 9.17) is 4.84 Å². The number of hydrogen-bond acceptors (Lipinski definition) is 4. The minimum absolute atomic E-state index is 0.00507. The van der Waals surface area contributed by atoms with Crippen LogP contribution in [-0.2, 0) is 11.4 Å². The lowest BCUT2D eigenvalue weighted by atomic mass is 10.0. The topological polar surface area (TPSA) is 44.8 Å². The van der Waals surface area contributed by atoms with Gasteiger partial charge in [0.1, 0.15) is 0 Å². The van der Waals surface area contributed by atoms with Gasteiger partial charge in [-0.3, -0.25) is 9.63 Å². The van der Waals surface area contributed by atoms with Crippen molar-refractivity contribution in [3.05, 3.63) is 59.7 Å². The number of rotatable bonds is 7. The van der Waals surface area contributed by atoms with E-state index in [-0.39, 0.29) is 5.91 Å². The van der Waals surface area contributed by atoms with E-state index in [1.807, 2.05) is 23.3 Å². The first kappa shape index (κ1) is 20.1. The molecular formula is C24H31N3O2. The van der Waals surface area contributed by atoms with Gasteiger partial charge in [0.05, 0.1) is 6.61 Å². The Hall–Kier alpha value is -2.21. The first-order valence-corrected chi connectivity index (χ1v) is 10.9. The molecule has 0 atom stereocenters. The van der Waals surface area contributed by atoms with E-state index >= 15 is 0 Å². The van der Waals surface area contributed by atoms with Crippen LogP contribution in [0.15, 0.2) is 48.5 Å². The zero-order chi connectivity index (χ0) is 19.9. The number of carbonyl (C=O) groups excluding carboxylic acids is 1. The Balaban J connectivity index is 1.36. The van der Waals surface area contributed by atoms with Crippen LogP contribution in [0.5, 0.6) is 0 Å². The van der Waals surface area contributed by atoms with Gasteiger partial charge in [0.15, 0.2) is 0 Å². The van der Waals surface area contributed by atoms with Gasteiger partial charge in [0, 0.05) is 31.7 Å². The lowest BCUT2D eigenvalue weighted by Crippen LogP contribution is -2.37. The Labute approximate surface area is 173 Å². The maximum atomic E-state index is 12.6. The van der Waals surface area contributed by atoms with Crippen LogP contribution < -0.4 is 5.32 Å². The van der Waals surface area contributed by atoms with Gasteiger partial charge in [0.2, 0.25) is 0 Å². The Bertz CT molecular complexity index is 811. The van der Waals surface area contributed by atoms with Crippen molar-refractivity contribution in [2.75, 3.05) is 39.3 Å². The van der Waals surface area contributed by atoms with E-state index in [1.54, 1.807) is 0 Å². The fourth-order valence-electron chi connectivity index (χ4n) is 4.13. The van der Waals surface area contributed by atoms with Crippen LogP contribution in [0, 0.1) is 0 Å². The second-order valence-electron chi connectivity index (χ2n) is 7.99. The van der Waals surface area contributed by atoms with Crippen molar-refractivity contribution >= 4 is 5.91 Å². The molecule has 2 saturated heterocycles. The second kappa shape index (κ2) is 10.0. The largest absolute Gasteiger partial charge is 0.351 e. The molecule has 1 amide bonds. The monoisotopic (exact) mass is 393 g/mol. The Kier molecular flexibility index (Phi) is 6.93. The van der Waals surface area contributed by atoms with E-state index in [0.717, 1.165) is 62.4 Å². The minimum atomic E-state index is 0.00507. The van der Waals surface area contributed by atoms with Crippen molar-refractivity contribution in [2.45, 2.75) is 32.2 Å². The lowest BCUT2D eigenvalue weighted by molar-refractivity contribution is -0.117. The van der Waals surface area contributed by atoms with Crippen molar-refractivity contribution in [3.63, 3.8) is 0 Å². The number of nitrogens with one attached hydrogen (secondary N) is 1. The highest BCUT2D eigenvalue weighted by molar-refractivity contribution is 5.95. The fraction of sp³-hybridized carbons (Fsp3) is 0.458. The minimum Gasteiger partial charge on any atom is -0.351 e. The Morgan fingerprint density at radius 3 is 2.52 bits per heavy atom. The van der Waals surface area contributed by atoms with Crippen molar-refractivity contribution in [1.29, 1.82) is 0 Å². The fourth-order valence-corrected chi connectivity index (χ4v) is 4.13. The predicted molar refractivity (Wildman–Crippen MR) is 115 cm³/mol. The molecule has 2 aliphatic heterocycles. The van der Waals surface area contributed by atoms with Crippen LogP contribution in [0.3, 0.4) is 0 Å². The summed E-state index contributed by atoms with van der Waals surface area (Å²) in [5, 5.41) is 5.10. The molecule has 154 valence electrons. The van der Waals surface area contributed by atoms with Gasteiger partial charge < -0.3 is 10.2 Å². The first-order chi connectivity index (χ1) is 14.3. The summed E-state index contributed by atoms with van der Waals surface area (Å²) >= 11 is 0. The molecule has 5 nitrogen and oxygen atoms in total. The molecule has 0 saturated carbocycles. The van der Waals surface area contributed by atoms with Gasteiger partial charge in [-0.15, -0.1) is 0 Å². The van der Waals surface area contributed by atoms with Crippen LogP contribution in [-0.4, -0.2) is 55.2 Å². The summed E-state index contributed by atoms with van der Waals surface area (Å²) in [7, 11) is 0. The van der Waals surface area contributed by atoms with E-state index in [9.17, 15) is 4.79 Å². The number of likely N-dealkylation sites (tertiary alicyclic amines) is 1. The highest BCUT2D eigenvalue weighted by Gasteiger charge is 2.14. The summed E-state index contributed by atoms with van der Waals surface area (Å²) < 4.78 is 0. The molecule has 0 aromatic heterocycles. The molecule has 2 aliphatic rings. The Morgan fingerprint density at radius 1 is 0.931 bits per heavy atom. The number of nitrogens with zero attached hydrogens (tertiary/aromatic N) is 2. The number of carbonyl (C=O) groups is 1. The summed E-state index contributed by atoms with van der Waals surface area (Å²) in [6.45, 7) is 6.55. The van der Waals surface area contributed by atoms with Crippen LogP contribution >= 0.6 is 0 Å². The quantitative estimate of drug-likeness (QED) is 0.779. The number of piperidine rings is 1. The maximum Gasteiger partial charge on any atom is 0.251 e. The van der Waals surface area contributed by atoms with E-state index < -0.39 is 0 Å². The average Bonchev–Trinajstić information content (AvgIpc) is 3.28. The van der Waals surface area contributed by atoms with Gasteiger partial charge in [-0.1, -0.05) is 36.8 Å². The van der Waals surface area contributed by atoms with Gasteiger partial charge in [-0.05, 0) is 67.2 Å². The predicted octanol–water partition coefficient (Wildman–Crippen LogP) is 3.71. The summed E-state index contributed by atoms with van der Waals surface area (Å²) in [5.74, 6) is 0.00507. The summed E-state index contributed by atoms with van der Waals surface area (Å²) in [6.07, 6.45) is 4.98. The number of hydrogen-bond donors (Lipinski definition) is 1. The summed E-state index contributed by atoms with van der Waals surface area (Å²) in [4.78, 5) is 20.7. The van der Waals surface area contributed by atoms with E-state index in [1.165, 1.54) is 24.8 Å². The smallest absolute Gasteiger partial charge is 0.251 e. The van der Waals surface area contributed by atoms with Gasteiger partial charge >= 0.3 is 0 Å². The van der Waals surface area contributed by atoms with Crippen molar-refractivity contribution < 1.29 is 9.63 Å². The van der Waals surface area contributed by atoms with Gasteiger partial charge in [0.25, 0.3) is 5.91 Å². The number of hydroxylamine groups is 2. The molecule has 1 N–H and O–H groups in total. The average molecular weight is 394 g/mol. The highest BCUT2D eigenvalue weighted by atomic mass is 16.7. The molecule has 2 aromatic carbocycles. The normalized spacial score (nSPS) is 18.1. The molecular weight excluding hydrogens is 362 g/mol. The molecule has 0 bridgehead atoms. The zero-order valence-electron chi connectivity index (χ0n) is 17.1. The molecule has 29 heavy (non-hydrogen) atoms. The van der Waals surface area contributed by atoms with E-state index in [2.05, 4.69) is 40.5 Å². The van der Waals surface area contributed by atoms with Crippen LogP contribution in [0.4, 0.5) is 0 Å². The van der Waals surface area contributed by atoms with Gasteiger partial charge in [-0.25, -0.2) is 0 Å². The molecule has 5 heteroatoms. The second-order valence-corrected chi connectivity index (χ2v) is 7.99. The summed E-state index contributed by atoms with van der Waals surface area (Å²) in [5.41, 5.74) is 4.14. The Morgan fingerprint density at radius 2 is 1.72 bits per heavy atom. The maximum absolute atomic E-state index is 12.6. The zero-order valence-corrected chi connectivity index (χ0v) is 17.1. The lowest BCUT2D eigenvalue weighted by Gasteiger charge is -2.26. The molecule has 0 aliphatic carbocycles. The number of benzene rings is 2. The third-order valence-electron chi connectivity index (χ3n) is 5.73. The SMILES string of the molecule is O=C(NCCN1CCCCC1)c1cccc(-c2cccc(CN3CCCO3)c2)c1.